The maximum Gasteiger partial charge on any atom is 0.288 e. The van der Waals surface area contributed by atoms with Gasteiger partial charge in [0.15, 0.2) is 0 Å². The molecular formula is C8H5ClN4O3. The maximum absolute atomic E-state index is 11.5. The van der Waals surface area contributed by atoms with Gasteiger partial charge in [-0.2, -0.15) is 0 Å². The van der Waals surface area contributed by atoms with Crippen molar-refractivity contribution in [2.75, 3.05) is 5.73 Å². The Bertz CT molecular complexity index is 652. The smallest absolute Gasteiger partial charge is 0.288 e. The minimum absolute atomic E-state index is 0.0370. The first-order chi connectivity index (χ1) is 7.50. The molecule has 0 unspecified atom stereocenters. The summed E-state index contributed by atoms with van der Waals surface area (Å²) in [5.41, 5.74) is 4.61. The van der Waals surface area contributed by atoms with E-state index in [1.165, 1.54) is 12.1 Å². The number of nitro benzene ring substituents is 1. The molecule has 0 fully saturated rings. The van der Waals surface area contributed by atoms with E-state index in [1.54, 1.807) is 0 Å². The highest BCUT2D eigenvalue weighted by Crippen LogP contribution is 2.29. The molecule has 0 atom stereocenters. The third-order valence-corrected chi connectivity index (χ3v) is 2.39. The number of anilines is 1. The van der Waals surface area contributed by atoms with Crippen LogP contribution in [0.1, 0.15) is 0 Å². The molecule has 1 heterocycles. The second kappa shape index (κ2) is 3.46. The molecule has 2 rings (SSSR count). The summed E-state index contributed by atoms with van der Waals surface area (Å²) >= 11 is 5.75. The largest absolute Gasteiger partial charge is 0.369 e. The molecule has 8 heteroatoms. The normalized spacial score (nSPS) is 10.6. The van der Waals surface area contributed by atoms with Crippen molar-refractivity contribution in [1.82, 2.24) is 9.97 Å². The Morgan fingerprint density at radius 2 is 2.19 bits per heavy atom. The van der Waals surface area contributed by atoms with E-state index >= 15 is 0 Å². The van der Waals surface area contributed by atoms with E-state index in [9.17, 15) is 14.9 Å². The molecule has 0 aliphatic rings. The van der Waals surface area contributed by atoms with E-state index in [0.29, 0.717) is 0 Å². The van der Waals surface area contributed by atoms with Crippen LogP contribution in [0.2, 0.25) is 5.02 Å². The number of hydrogen-bond acceptors (Lipinski definition) is 5. The number of fused-ring (bicyclic) bond motifs is 1. The number of nitrogens with one attached hydrogen (secondary N) is 1. The van der Waals surface area contributed by atoms with Crippen molar-refractivity contribution in [1.29, 1.82) is 0 Å². The second-order valence-corrected chi connectivity index (χ2v) is 3.38. The van der Waals surface area contributed by atoms with Gasteiger partial charge >= 0.3 is 0 Å². The van der Waals surface area contributed by atoms with Crippen molar-refractivity contribution in [2.45, 2.75) is 0 Å². The molecule has 3 N–H and O–H groups in total. The fourth-order valence-corrected chi connectivity index (χ4v) is 1.66. The number of rotatable bonds is 1. The van der Waals surface area contributed by atoms with Crippen molar-refractivity contribution in [3.05, 3.63) is 37.6 Å². The van der Waals surface area contributed by atoms with Gasteiger partial charge in [-0.25, -0.2) is 4.98 Å². The Balaban J connectivity index is 2.95. The molecule has 7 nitrogen and oxygen atoms in total. The molecule has 1 aromatic carbocycles. The Hall–Kier alpha value is -2.15. The molecule has 16 heavy (non-hydrogen) atoms. The molecule has 0 aliphatic heterocycles. The van der Waals surface area contributed by atoms with Crippen LogP contribution in [-0.4, -0.2) is 14.9 Å². The lowest BCUT2D eigenvalue weighted by molar-refractivity contribution is -0.384. The summed E-state index contributed by atoms with van der Waals surface area (Å²) in [6, 6.07) is 2.50. The Labute approximate surface area is 93.0 Å². The first-order valence-electron chi connectivity index (χ1n) is 4.13. The van der Waals surface area contributed by atoms with Crippen LogP contribution in [-0.2, 0) is 0 Å². The molecule has 0 saturated heterocycles. The fraction of sp³-hybridized carbons (Fsp3) is 0. The van der Waals surface area contributed by atoms with E-state index in [0.717, 1.165) is 0 Å². The number of nitrogen functional groups attached to an aromatic ring is 1. The highest BCUT2D eigenvalue weighted by Gasteiger charge is 2.18. The predicted octanol–water partition coefficient (Wildman–Crippen LogP) is 1.07. The average Bonchev–Trinajstić information content (AvgIpc) is 2.15. The van der Waals surface area contributed by atoms with Gasteiger partial charge in [0.05, 0.1) is 15.8 Å². The lowest BCUT2D eigenvalue weighted by Crippen LogP contribution is -2.12. The average molecular weight is 241 g/mol. The third-order valence-electron chi connectivity index (χ3n) is 2.01. The molecule has 0 amide bonds. The standard InChI is InChI=1S/C8H5ClN4O3/c9-6-4(13(15)16)2-1-3-5(6)7(14)12-8(10)11-3/h1-2H,(H3,10,11,12,14). The van der Waals surface area contributed by atoms with Gasteiger partial charge < -0.3 is 5.73 Å². The van der Waals surface area contributed by atoms with E-state index in [2.05, 4.69) is 9.97 Å². The van der Waals surface area contributed by atoms with Crippen LogP contribution in [0.15, 0.2) is 16.9 Å². The van der Waals surface area contributed by atoms with Crippen molar-refractivity contribution in [3.8, 4) is 0 Å². The minimum atomic E-state index is -0.669. The van der Waals surface area contributed by atoms with Crippen LogP contribution in [0.4, 0.5) is 11.6 Å². The van der Waals surface area contributed by atoms with Gasteiger partial charge in [-0.1, -0.05) is 11.6 Å². The molecule has 0 aliphatic carbocycles. The zero-order chi connectivity index (χ0) is 11.9. The van der Waals surface area contributed by atoms with Gasteiger partial charge in [0.1, 0.15) is 5.02 Å². The Morgan fingerprint density at radius 1 is 1.50 bits per heavy atom. The van der Waals surface area contributed by atoms with Crippen LogP contribution in [0.3, 0.4) is 0 Å². The fourth-order valence-electron chi connectivity index (χ4n) is 1.34. The number of hydrogen-bond donors (Lipinski definition) is 2. The van der Waals surface area contributed by atoms with Gasteiger partial charge in [0.25, 0.3) is 11.2 Å². The summed E-state index contributed by atoms with van der Waals surface area (Å²) in [4.78, 5) is 27.5. The van der Waals surface area contributed by atoms with E-state index in [1.807, 2.05) is 0 Å². The third kappa shape index (κ3) is 1.47. The summed E-state index contributed by atoms with van der Waals surface area (Å²) in [6.07, 6.45) is 0. The monoisotopic (exact) mass is 240 g/mol. The highest BCUT2D eigenvalue weighted by atomic mass is 35.5. The number of H-pyrrole nitrogens is 1. The Morgan fingerprint density at radius 3 is 2.81 bits per heavy atom. The number of nitrogens with two attached hydrogens (primary N) is 1. The molecule has 0 saturated carbocycles. The number of aromatic nitrogens is 2. The predicted molar refractivity (Wildman–Crippen MR) is 58.4 cm³/mol. The number of halogens is 1. The highest BCUT2D eigenvalue weighted by molar-refractivity contribution is 6.37. The first kappa shape index (κ1) is 10.4. The van der Waals surface area contributed by atoms with Gasteiger partial charge in [-0.05, 0) is 6.07 Å². The van der Waals surface area contributed by atoms with Crippen molar-refractivity contribution >= 4 is 34.1 Å². The summed E-state index contributed by atoms with van der Waals surface area (Å²) < 4.78 is 0. The van der Waals surface area contributed by atoms with Crippen molar-refractivity contribution in [3.63, 3.8) is 0 Å². The number of nitro groups is 1. The van der Waals surface area contributed by atoms with Crippen LogP contribution < -0.4 is 11.3 Å². The van der Waals surface area contributed by atoms with Gasteiger partial charge in [0.2, 0.25) is 5.95 Å². The van der Waals surface area contributed by atoms with Crippen molar-refractivity contribution in [2.24, 2.45) is 0 Å². The maximum atomic E-state index is 11.5. The van der Waals surface area contributed by atoms with Crippen LogP contribution >= 0.6 is 11.6 Å². The van der Waals surface area contributed by atoms with E-state index in [4.69, 9.17) is 17.3 Å². The second-order valence-electron chi connectivity index (χ2n) is 3.00. The van der Waals surface area contributed by atoms with Gasteiger partial charge in [-0.15, -0.1) is 0 Å². The number of benzene rings is 1. The minimum Gasteiger partial charge on any atom is -0.369 e. The van der Waals surface area contributed by atoms with Crippen molar-refractivity contribution < 1.29 is 4.92 Å². The number of nitrogens with zero attached hydrogens (tertiary/aromatic N) is 2. The van der Waals surface area contributed by atoms with Crippen LogP contribution in [0.25, 0.3) is 10.9 Å². The summed E-state index contributed by atoms with van der Waals surface area (Å²) in [6.45, 7) is 0. The zero-order valence-corrected chi connectivity index (χ0v) is 8.49. The Kier molecular flexibility index (Phi) is 2.24. The van der Waals surface area contributed by atoms with Gasteiger partial charge in [-0.3, -0.25) is 19.9 Å². The molecular weight excluding hydrogens is 236 g/mol. The molecule has 1 aromatic heterocycles. The topological polar surface area (TPSA) is 115 Å². The van der Waals surface area contributed by atoms with Crippen LogP contribution in [0.5, 0.6) is 0 Å². The molecule has 82 valence electrons. The first-order valence-corrected chi connectivity index (χ1v) is 4.51. The zero-order valence-electron chi connectivity index (χ0n) is 7.73. The van der Waals surface area contributed by atoms with E-state index < -0.39 is 10.5 Å². The molecule has 0 radical (unpaired) electrons. The quantitative estimate of drug-likeness (QED) is 0.571. The molecule has 0 spiro atoms. The lowest BCUT2D eigenvalue weighted by Gasteiger charge is -2.00. The van der Waals surface area contributed by atoms with E-state index in [-0.39, 0.29) is 27.6 Å². The van der Waals surface area contributed by atoms with Crippen LogP contribution in [0, 0.1) is 10.1 Å². The summed E-state index contributed by atoms with van der Waals surface area (Å²) in [5, 5.41) is 10.3. The lowest BCUT2D eigenvalue weighted by atomic mass is 10.2. The molecule has 0 bridgehead atoms. The summed E-state index contributed by atoms with van der Waals surface area (Å²) in [5.74, 6) is -0.0672. The SMILES string of the molecule is Nc1nc2ccc([N+](=O)[O-])c(Cl)c2c(=O)[nH]1. The molecule has 2 aromatic rings. The number of aromatic amines is 1. The van der Waals surface area contributed by atoms with Gasteiger partial charge in [0, 0.05) is 6.07 Å². The summed E-state index contributed by atoms with van der Waals surface area (Å²) in [7, 11) is 0.